The second-order valence-corrected chi connectivity index (χ2v) is 41.0. The molecule has 24 heteroatoms. The van der Waals surface area contributed by atoms with Crippen molar-refractivity contribution in [2.24, 2.45) is 43.6 Å². The predicted molar refractivity (Wildman–Crippen MR) is 593 cm³/mol. The van der Waals surface area contributed by atoms with Gasteiger partial charge in [0, 0.05) is 24.8 Å². The van der Waals surface area contributed by atoms with Crippen LogP contribution in [0.2, 0.25) is 0 Å². The first-order valence-electron chi connectivity index (χ1n) is 56.3. The number of aliphatic imine (C=N–C) groups is 4. The van der Waals surface area contributed by atoms with Crippen LogP contribution in [0.3, 0.4) is 0 Å². The van der Waals surface area contributed by atoms with Gasteiger partial charge in [-0.2, -0.15) is 0 Å². The fourth-order valence-corrected chi connectivity index (χ4v) is 22.0. The summed E-state index contributed by atoms with van der Waals surface area (Å²) in [5.74, 6) is 0.808. The lowest BCUT2D eigenvalue weighted by atomic mass is 9.89. The van der Waals surface area contributed by atoms with Crippen molar-refractivity contribution in [2.45, 2.75) is 389 Å². The maximum absolute atomic E-state index is 17.7. The van der Waals surface area contributed by atoms with Gasteiger partial charge < -0.3 is 19.2 Å². The van der Waals surface area contributed by atoms with E-state index in [1.807, 2.05) is 48.5 Å². The van der Waals surface area contributed by atoms with Gasteiger partial charge in [-0.3, -0.25) is 34.5 Å². The molecule has 0 fully saturated rings. The fraction of sp³-hybridized carbons (Fsp3) is 0.533. The molecule has 770 valence electrons. The normalized spacial score (nSPS) is 15.8. The average molecular weight is 1970 g/mol. The van der Waals surface area contributed by atoms with Gasteiger partial charge in [0.15, 0.2) is 23.3 Å². The van der Waals surface area contributed by atoms with Crippen molar-refractivity contribution in [2.75, 3.05) is 0 Å². The summed E-state index contributed by atoms with van der Waals surface area (Å²) in [5.41, 5.74) is 5.20. The largest absolute Gasteiger partial charge is 0.679 e. The van der Waals surface area contributed by atoms with E-state index in [9.17, 15) is 0 Å². The lowest BCUT2D eigenvalue weighted by Gasteiger charge is -2.26. The molecule has 0 aliphatic carbocycles. The molecule has 0 saturated carbocycles. The molecule has 0 spiro atoms. The first-order chi connectivity index (χ1) is 70.6. The highest BCUT2D eigenvalue weighted by molar-refractivity contribution is 6.58. The van der Waals surface area contributed by atoms with Gasteiger partial charge in [0.25, 0.3) is 0 Å². The van der Waals surface area contributed by atoms with Crippen LogP contribution in [0.1, 0.15) is 408 Å². The molecule has 12 rings (SSSR count). The minimum absolute atomic E-state index is 0.0237. The summed E-state index contributed by atoms with van der Waals surface area (Å²) in [7, 11) is -13.1. The zero-order chi connectivity index (χ0) is 102. The van der Waals surface area contributed by atoms with Gasteiger partial charge in [-0.1, -0.05) is 497 Å². The van der Waals surface area contributed by atoms with E-state index in [1.165, 1.54) is 51.4 Å². The number of hydrogen-bond acceptors (Lipinski definition) is 8. The number of amidine groups is 4. The summed E-state index contributed by atoms with van der Waals surface area (Å²) in [4.78, 5) is 44.6. The van der Waals surface area contributed by atoms with E-state index in [1.54, 1.807) is 134 Å². The van der Waals surface area contributed by atoms with Crippen LogP contribution in [0, 0.1) is 23.7 Å². The number of hydrogen-bond donors (Lipinski definition) is 0. The first-order valence-corrected chi connectivity index (χ1v) is 56.3. The second kappa shape index (κ2) is 61.6. The Labute approximate surface area is 860 Å². The number of pyridine rings is 4. The minimum Gasteiger partial charge on any atom is -0.308 e. The number of aromatic nitrogens is 4. The standard InChI is InChI=1S/C120H162B4F8N12/c1-9-17-25-33-37-47-63-91(59-43-29-21-13-5)87-101-71-55-83-133-113(101)137-117-105-107(119(141(121(125)126)109(105)97-67-51-41-52-68-97)139-115-103(73-57-85-135-115)89-93(61-45-31-23-15-7)65-49-39-35-27-19-11-3)111(143(117)123(129)130)99-79-75-95(76-80-99)96-77-81-100(82-78-96)112-108-106(118(144(112)124(131)132)138-114-102(72-56-84-134-114)88-92(60-44-30-22-14-6)64-48-38-34-26-18-10-2)110(98-69-53-42-54-70-98)142(122(127)128)120(108)140-116-104(74-58-86-136-116)90-94(62-46-32-24-16-8)66-50-40-36-28-20-12-4/h41-42,51-58,67-86,91-94H,9-40,43-50,59-66,87-90H2,1-8H3/b137-117-,138-118-,139-119-,140-120-. The van der Waals surface area contributed by atoms with Gasteiger partial charge in [-0.05, 0) is 129 Å². The molecular weight excluding hydrogens is 1800 g/mol. The molecule has 4 aromatic carbocycles. The Hall–Kier alpha value is -9.98. The highest BCUT2D eigenvalue weighted by Crippen LogP contribution is 2.54. The van der Waals surface area contributed by atoms with Gasteiger partial charge in [0.1, 0.15) is 23.3 Å². The van der Waals surface area contributed by atoms with Gasteiger partial charge in [0.2, 0.25) is 0 Å². The van der Waals surface area contributed by atoms with Crippen molar-refractivity contribution in [1.82, 2.24) is 39.2 Å². The van der Waals surface area contributed by atoms with Crippen molar-refractivity contribution in [3.8, 4) is 11.1 Å². The van der Waals surface area contributed by atoms with Crippen LogP contribution in [0.25, 0.3) is 33.9 Å². The van der Waals surface area contributed by atoms with Crippen LogP contribution in [0.15, 0.2) is 225 Å². The Morgan fingerprint density at radius 3 is 0.576 bits per heavy atom. The molecule has 0 radical (unpaired) electrons. The average Bonchev–Trinajstić information content (AvgIpc) is 1.54. The fourth-order valence-electron chi connectivity index (χ4n) is 22.0. The summed E-state index contributed by atoms with van der Waals surface area (Å²) in [6.45, 7) is 17.7. The summed E-state index contributed by atoms with van der Waals surface area (Å²) >= 11 is 0. The van der Waals surface area contributed by atoms with E-state index in [-0.39, 0.29) is 126 Å². The minimum atomic E-state index is -3.31. The van der Waals surface area contributed by atoms with Crippen molar-refractivity contribution >= 4 is 99.0 Å². The third-order valence-corrected chi connectivity index (χ3v) is 29.8. The van der Waals surface area contributed by atoms with E-state index in [0.717, 1.165) is 298 Å². The van der Waals surface area contributed by atoms with Gasteiger partial charge in [-0.15, -0.1) is 0 Å². The molecule has 0 saturated heterocycles. The Kier molecular flexibility index (Phi) is 48.2. The third kappa shape index (κ3) is 32.0. The highest BCUT2D eigenvalue weighted by Gasteiger charge is 2.56. The number of benzene rings is 4. The zero-order valence-corrected chi connectivity index (χ0v) is 88.1. The summed E-state index contributed by atoms with van der Waals surface area (Å²) < 4.78 is 141. The van der Waals surface area contributed by atoms with Gasteiger partial charge >= 0.3 is 29.6 Å². The summed E-state index contributed by atoms with van der Waals surface area (Å²) in [6, 6.07) is 46.8. The lowest BCUT2D eigenvalue weighted by molar-refractivity contribution is 0.402. The van der Waals surface area contributed by atoms with Crippen molar-refractivity contribution in [3.63, 3.8) is 0 Å². The molecule has 0 amide bonds. The molecule has 8 heterocycles. The Morgan fingerprint density at radius 1 is 0.208 bits per heavy atom. The topological polar surface area (TPSA) is 114 Å². The highest BCUT2D eigenvalue weighted by atomic mass is 19.3. The van der Waals surface area contributed by atoms with Gasteiger partial charge in [-0.25, -0.2) is 39.9 Å². The maximum atomic E-state index is 17.7. The summed E-state index contributed by atoms with van der Waals surface area (Å²) in [6.07, 6.45) is 61.4. The van der Waals surface area contributed by atoms with E-state index in [4.69, 9.17) is 39.9 Å². The number of fused-ring (bicyclic) bond motifs is 2. The molecule has 0 N–H and O–H groups in total. The van der Waals surface area contributed by atoms with E-state index < -0.39 is 29.6 Å². The van der Waals surface area contributed by atoms with Crippen LogP contribution in [-0.2, 0) is 25.7 Å². The molecule has 0 bridgehead atoms. The van der Waals surface area contributed by atoms with Crippen LogP contribution >= 0.6 is 0 Å². The summed E-state index contributed by atoms with van der Waals surface area (Å²) in [5, 5.41) is 0. The molecule has 12 nitrogen and oxygen atoms in total. The molecular formula is C120H162B4F8N12. The number of rotatable bonds is 69. The number of halogens is 8. The second-order valence-electron chi connectivity index (χ2n) is 41.0. The number of nitrogens with zero attached hydrogens (tertiary/aromatic N) is 12. The lowest BCUT2D eigenvalue weighted by Crippen LogP contribution is -2.38. The molecule has 4 aliphatic heterocycles. The monoisotopic (exact) mass is 1970 g/mol. The van der Waals surface area contributed by atoms with Crippen LogP contribution in [0.4, 0.5) is 57.8 Å². The van der Waals surface area contributed by atoms with E-state index in [2.05, 4.69) is 55.4 Å². The quantitative estimate of drug-likeness (QED) is 0.0210. The van der Waals surface area contributed by atoms with E-state index >= 15 is 34.5 Å². The maximum Gasteiger partial charge on any atom is 0.679 e. The number of unbranched alkanes of at least 4 members (excludes halogenated alkanes) is 32. The SMILES string of the molecule is CCCCCCCCC(CCCCCC)Cc1cccnc1/N=C1/C2=C(c3ccc(-c4ccc(C5=C6C(=C(c7ccccc7)N(B(F)F)/C6=N\c6ncccc6CC(CCCCCC)CCCCCCCC)/C(=N/c6ncccc6CC(CCCCCC)CCCCCCCC)N5B(F)F)cc4)cc3)N(B(F)F)/C(=N\c3ncccc3CC(CCCCCC)CCCCCCCC)C2=C(c2ccccc2)N1B(F)F. The Morgan fingerprint density at radius 2 is 0.382 bits per heavy atom. The molecule has 4 aliphatic rings. The van der Waals surface area contributed by atoms with Crippen molar-refractivity contribution < 1.29 is 34.5 Å². The third-order valence-electron chi connectivity index (χ3n) is 29.8. The predicted octanol–water partition coefficient (Wildman–Crippen LogP) is 36.6. The Balaban J connectivity index is 1.04. The molecule has 4 atom stereocenters. The molecule has 4 unspecified atom stereocenters. The van der Waals surface area contributed by atoms with Crippen LogP contribution in [-0.4, -0.2) is 92.1 Å². The Bertz CT molecular complexity index is 5110. The van der Waals surface area contributed by atoms with Crippen molar-refractivity contribution in [1.29, 1.82) is 0 Å². The van der Waals surface area contributed by atoms with E-state index in [0.29, 0.717) is 47.9 Å². The van der Waals surface area contributed by atoms with Crippen molar-refractivity contribution in [3.05, 3.63) is 249 Å². The zero-order valence-electron chi connectivity index (χ0n) is 88.1. The first kappa shape index (κ1) is 113. The van der Waals surface area contributed by atoms with Gasteiger partial charge in [0.05, 0.1) is 45.1 Å². The smallest absolute Gasteiger partial charge is 0.308 e. The molecule has 144 heavy (non-hydrogen) atoms. The van der Waals surface area contributed by atoms with Crippen LogP contribution in [0.5, 0.6) is 0 Å². The van der Waals surface area contributed by atoms with Crippen LogP contribution < -0.4 is 0 Å². The molecule has 8 aromatic rings. The molecule has 4 aromatic heterocycles.